The fourth-order valence-corrected chi connectivity index (χ4v) is 0.643. The quantitative estimate of drug-likeness (QED) is 0.470. The third kappa shape index (κ3) is 1.87. The Morgan fingerprint density at radius 3 is 2.60 bits per heavy atom. The van der Waals surface area contributed by atoms with E-state index in [4.69, 9.17) is 5.21 Å². The summed E-state index contributed by atoms with van der Waals surface area (Å²) in [5.74, 6) is 0. The van der Waals surface area contributed by atoms with Crippen molar-refractivity contribution in [2.45, 2.75) is 0 Å². The number of hydrogen-bond donors (Lipinski definition) is 2. The fraction of sp³-hybridized carbons (Fsp3) is 0. The summed E-state index contributed by atoms with van der Waals surface area (Å²) in [6.07, 6.45) is 1.53. The highest BCUT2D eigenvalue weighted by molar-refractivity contribution is 5.78. The van der Waals surface area contributed by atoms with E-state index in [9.17, 15) is 0 Å². The number of nitrogens with one attached hydrogen (secondary N) is 1. The average Bonchev–Trinajstić information content (AvgIpc) is 2.03. The third-order valence-corrected chi connectivity index (χ3v) is 1.07. The molecule has 0 unspecified atom stereocenters. The van der Waals surface area contributed by atoms with E-state index in [1.165, 1.54) is 6.21 Å². The second kappa shape index (κ2) is 3.63. The summed E-state index contributed by atoms with van der Waals surface area (Å²) in [4.78, 5) is 0. The number of hydrazone groups is 1. The highest BCUT2D eigenvalue weighted by atomic mass is 16.5. The van der Waals surface area contributed by atoms with Crippen molar-refractivity contribution in [3.05, 3.63) is 35.9 Å². The van der Waals surface area contributed by atoms with Crippen LogP contribution >= 0.6 is 0 Å². The Kier molecular flexibility index (Phi) is 2.46. The van der Waals surface area contributed by atoms with Crippen LogP contribution in [0, 0.1) is 0 Å². The molecule has 1 aromatic rings. The molecule has 2 N–H and O–H groups in total. The van der Waals surface area contributed by atoms with Crippen molar-refractivity contribution < 1.29 is 5.21 Å². The minimum absolute atomic E-state index is 0.948. The van der Waals surface area contributed by atoms with E-state index < -0.39 is 0 Å². The molecule has 0 fully saturated rings. The van der Waals surface area contributed by atoms with Crippen molar-refractivity contribution >= 4 is 6.21 Å². The molecule has 0 amide bonds. The SMILES string of the molecule is ONN=Cc1ccccc1. The van der Waals surface area contributed by atoms with Gasteiger partial charge in [0.1, 0.15) is 0 Å². The first-order chi connectivity index (χ1) is 4.93. The highest BCUT2D eigenvalue weighted by Crippen LogP contribution is 1.92. The van der Waals surface area contributed by atoms with Crippen LogP contribution in [0.2, 0.25) is 0 Å². The Labute approximate surface area is 59.0 Å². The van der Waals surface area contributed by atoms with E-state index in [1.54, 1.807) is 5.59 Å². The van der Waals surface area contributed by atoms with Gasteiger partial charge < -0.3 is 0 Å². The maximum Gasteiger partial charge on any atom is 0.0565 e. The largest absolute Gasteiger partial charge is 0.274 e. The summed E-state index contributed by atoms with van der Waals surface area (Å²) in [6, 6.07) is 9.50. The molecule has 1 aromatic carbocycles. The molecule has 0 aliphatic heterocycles. The van der Waals surface area contributed by atoms with Crippen molar-refractivity contribution in [1.29, 1.82) is 0 Å². The van der Waals surface area contributed by atoms with Gasteiger partial charge in [-0.1, -0.05) is 30.3 Å². The molecule has 0 saturated heterocycles. The highest BCUT2D eigenvalue weighted by Gasteiger charge is 1.80. The number of benzene rings is 1. The van der Waals surface area contributed by atoms with Crippen LogP contribution in [0.15, 0.2) is 35.4 Å². The fourth-order valence-electron chi connectivity index (χ4n) is 0.643. The summed E-state index contributed by atoms with van der Waals surface area (Å²) in [7, 11) is 0. The van der Waals surface area contributed by atoms with Gasteiger partial charge in [-0.05, 0) is 5.56 Å². The summed E-state index contributed by atoms with van der Waals surface area (Å²) >= 11 is 0. The van der Waals surface area contributed by atoms with Crippen LogP contribution in [0.5, 0.6) is 0 Å². The number of hydrogen-bond acceptors (Lipinski definition) is 3. The van der Waals surface area contributed by atoms with Gasteiger partial charge in [-0.25, -0.2) is 0 Å². The summed E-state index contributed by atoms with van der Waals surface area (Å²) in [6.45, 7) is 0. The molecular weight excluding hydrogens is 128 g/mol. The smallest absolute Gasteiger partial charge is 0.0565 e. The zero-order valence-electron chi connectivity index (χ0n) is 5.36. The first-order valence-electron chi connectivity index (χ1n) is 2.90. The van der Waals surface area contributed by atoms with Gasteiger partial charge in [0.15, 0.2) is 0 Å². The molecule has 10 heavy (non-hydrogen) atoms. The van der Waals surface area contributed by atoms with Crippen LogP contribution in [-0.4, -0.2) is 11.4 Å². The number of nitrogens with zero attached hydrogens (tertiary/aromatic N) is 1. The first kappa shape index (κ1) is 6.77. The molecule has 0 saturated carbocycles. The van der Waals surface area contributed by atoms with Crippen LogP contribution < -0.4 is 5.59 Å². The van der Waals surface area contributed by atoms with E-state index in [1.807, 2.05) is 30.3 Å². The van der Waals surface area contributed by atoms with E-state index >= 15 is 0 Å². The second-order valence-corrected chi connectivity index (χ2v) is 1.77. The molecule has 0 radical (unpaired) electrons. The lowest BCUT2D eigenvalue weighted by Crippen LogP contribution is -1.95. The van der Waals surface area contributed by atoms with E-state index in [2.05, 4.69) is 5.10 Å². The van der Waals surface area contributed by atoms with Crippen molar-refractivity contribution in [2.24, 2.45) is 5.10 Å². The van der Waals surface area contributed by atoms with Crippen LogP contribution in [-0.2, 0) is 0 Å². The minimum atomic E-state index is 0.948. The topological polar surface area (TPSA) is 44.6 Å². The molecule has 3 nitrogen and oxygen atoms in total. The molecule has 52 valence electrons. The molecule has 0 bridgehead atoms. The maximum absolute atomic E-state index is 8.08. The Balaban J connectivity index is 2.67. The second-order valence-electron chi connectivity index (χ2n) is 1.77. The zero-order valence-corrected chi connectivity index (χ0v) is 5.36. The maximum atomic E-state index is 8.08. The third-order valence-electron chi connectivity index (χ3n) is 1.07. The molecule has 0 aliphatic carbocycles. The van der Waals surface area contributed by atoms with Crippen molar-refractivity contribution in [3.63, 3.8) is 0 Å². The zero-order chi connectivity index (χ0) is 7.23. The molecule has 0 aromatic heterocycles. The Hall–Kier alpha value is -1.35. The van der Waals surface area contributed by atoms with Gasteiger partial charge in [-0.2, -0.15) is 10.7 Å². The van der Waals surface area contributed by atoms with Gasteiger partial charge in [0, 0.05) is 0 Å². The van der Waals surface area contributed by atoms with Crippen LogP contribution in [0.1, 0.15) is 5.56 Å². The number of rotatable bonds is 2. The predicted molar refractivity (Wildman–Crippen MR) is 39.0 cm³/mol. The summed E-state index contributed by atoms with van der Waals surface area (Å²) in [5, 5.41) is 11.5. The molecular formula is C7H8N2O. The van der Waals surface area contributed by atoms with E-state index in [0.717, 1.165) is 5.56 Å². The van der Waals surface area contributed by atoms with Crippen molar-refractivity contribution in [3.8, 4) is 0 Å². The Morgan fingerprint density at radius 1 is 1.30 bits per heavy atom. The summed E-state index contributed by atoms with van der Waals surface area (Å²) < 4.78 is 0. The van der Waals surface area contributed by atoms with E-state index in [-0.39, 0.29) is 0 Å². The van der Waals surface area contributed by atoms with Crippen molar-refractivity contribution in [1.82, 2.24) is 5.59 Å². The van der Waals surface area contributed by atoms with Crippen LogP contribution in [0.25, 0.3) is 0 Å². The van der Waals surface area contributed by atoms with Gasteiger partial charge in [0.05, 0.1) is 6.21 Å². The van der Waals surface area contributed by atoms with Crippen LogP contribution in [0.3, 0.4) is 0 Å². The van der Waals surface area contributed by atoms with Crippen molar-refractivity contribution in [2.75, 3.05) is 0 Å². The molecule has 3 heteroatoms. The molecule has 0 atom stereocenters. The van der Waals surface area contributed by atoms with Gasteiger partial charge >= 0.3 is 0 Å². The summed E-state index contributed by atoms with van der Waals surface area (Å²) in [5.41, 5.74) is 2.63. The average molecular weight is 136 g/mol. The lowest BCUT2D eigenvalue weighted by atomic mass is 10.2. The molecule has 0 aliphatic rings. The molecule has 0 heterocycles. The van der Waals surface area contributed by atoms with E-state index in [0.29, 0.717) is 0 Å². The van der Waals surface area contributed by atoms with Gasteiger partial charge in [0.2, 0.25) is 0 Å². The predicted octanol–water partition coefficient (Wildman–Crippen LogP) is 0.999. The lowest BCUT2D eigenvalue weighted by molar-refractivity contribution is 0.173. The Morgan fingerprint density at radius 2 is 2.00 bits per heavy atom. The Bertz CT molecular complexity index is 208. The normalized spacial score (nSPS) is 10.1. The van der Waals surface area contributed by atoms with Crippen LogP contribution in [0.4, 0.5) is 0 Å². The monoisotopic (exact) mass is 136 g/mol. The van der Waals surface area contributed by atoms with Gasteiger partial charge in [-0.15, -0.1) is 0 Å². The van der Waals surface area contributed by atoms with Gasteiger partial charge in [-0.3, -0.25) is 5.21 Å². The van der Waals surface area contributed by atoms with Gasteiger partial charge in [0.25, 0.3) is 0 Å². The first-order valence-corrected chi connectivity index (χ1v) is 2.90. The lowest BCUT2D eigenvalue weighted by Gasteiger charge is -1.88. The minimum Gasteiger partial charge on any atom is -0.274 e. The standard InChI is InChI=1S/C7H8N2O/c10-9-8-6-7-4-2-1-3-5-7/h1-6,9-10H. The molecule has 0 spiro atoms. The molecule has 1 rings (SSSR count).